The molecule has 0 radical (unpaired) electrons. The lowest BCUT2D eigenvalue weighted by atomic mass is 10.2. The summed E-state index contributed by atoms with van der Waals surface area (Å²) in [7, 11) is 1.45. The van der Waals surface area contributed by atoms with Gasteiger partial charge in [0.05, 0.1) is 0 Å². The van der Waals surface area contributed by atoms with Crippen LogP contribution < -0.4 is 10.6 Å². The Labute approximate surface area is 110 Å². The molecule has 1 aromatic carbocycles. The monoisotopic (exact) mass is 270 g/mol. The van der Waals surface area contributed by atoms with Crippen molar-refractivity contribution in [1.29, 1.82) is 0 Å². The molecule has 2 amide bonds. The van der Waals surface area contributed by atoms with Crippen molar-refractivity contribution in [3.05, 3.63) is 34.9 Å². The second kappa shape index (κ2) is 7.68. The number of halogens is 1. The summed E-state index contributed by atoms with van der Waals surface area (Å²) in [4.78, 5) is 22.7. The molecule has 0 aliphatic carbocycles. The molecule has 0 heterocycles. The maximum Gasteiger partial charge on any atom is 0.251 e. The number of methoxy groups -OCH3 is 1. The zero-order valence-corrected chi connectivity index (χ0v) is 10.8. The normalized spacial score (nSPS) is 9.89. The average Bonchev–Trinajstić information content (AvgIpc) is 2.35. The molecule has 2 N–H and O–H groups in total. The van der Waals surface area contributed by atoms with Gasteiger partial charge < -0.3 is 15.4 Å². The first-order chi connectivity index (χ1) is 8.63. The molecular weight excluding hydrogens is 256 g/mol. The number of hydrogen-bond acceptors (Lipinski definition) is 3. The van der Waals surface area contributed by atoms with Gasteiger partial charge in [0.25, 0.3) is 5.91 Å². The lowest BCUT2D eigenvalue weighted by Crippen LogP contribution is -2.36. The first kappa shape index (κ1) is 14.5. The molecule has 6 heteroatoms. The Morgan fingerprint density at radius 1 is 1.17 bits per heavy atom. The number of ether oxygens (including phenoxy) is 1. The molecule has 0 saturated carbocycles. The highest BCUT2D eigenvalue weighted by Crippen LogP contribution is 2.08. The highest BCUT2D eigenvalue weighted by Gasteiger charge is 2.04. The quantitative estimate of drug-likeness (QED) is 0.753. The van der Waals surface area contributed by atoms with Crippen LogP contribution in [0.25, 0.3) is 0 Å². The highest BCUT2D eigenvalue weighted by molar-refractivity contribution is 6.30. The van der Waals surface area contributed by atoms with Gasteiger partial charge in [-0.2, -0.15) is 0 Å². The van der Waals surface area contributed by atoms with Crippen molar-refractivity contribution >= 4 is 23.4 Å². The third-order valence-electron chi connectivity index (χ3n) is 2.11. The molecule has 0 aliphatic heterocycles. The van der Waals surface area contributed by atoms with Crippen molar-refractivity contribution in [1.82, 2.24) is 10.6 Å². The Bertz CT molecular complexity index is 406. The number of carbonyl (C=O) groups excluding carboxylic acids is 2. The van der Waals surface area contributed by atoms with Crippen LogP contribution in [-0.2, 0) is 9.53 Å². The van der Waals surface area contributed by atoms with E-state index >= 15 is 0 Å². The Balaban J connectivity index is 2.25. The van der Waals surface area contributed by atoms with Crippen LogP contribution in [0.1, 0.15) is 10.4 Å². The minimum Gasteiger partial charge on any atom is -0.375 e. The van der Waals surface area contributed by atoms with Gasteiger partial charge in [-0.25, -0.2) is 0 Å². The van der Waals surface area contributed by atoms with E-state index in [2.05, 4.69) is 15.4 Å². The summed E-state index contributed by atoms with van der Waals surface area (Å²) >= 11 is 5.72. The Kier molecular flexibility index (Phi) is 6.18. The molecule has 0 aromatic heterocycles. The number of benzene rings is 1. The summed E-state index contributed by atoms with van der Waals surface area (Å²) < 4.78 is 4.65. The van der Waals surface area contributed by atoms with E-state index in [1.807, 2.05) is 0 Å². The third kappa shape index (κ3) is 5.16. The molecule has 0 bridgehead atoms. The van der Waals surface area contributed by atoms with Crippen LogP contribution in [0.5, 0.6) is 0 Å². The van der Waals surface area contributed by atoms with Crippen molar-refractivity contribution in [2.45, 2.75) is 0 Å². The van der Waals surface area contributed by atoms with Crippen LogP contribution in [0.2, 0.25) is 5.02 Å². The predicted octanol–water partition coefficient (Wildman–Crippen LogP) is 0.832. The van der Waals surface area contributed by atoms with E-state index in [4.69, 9.17) is 11.6 Å². The fourth-order valence-corrected chi connectivity index (χ4v) is 1.39. The van der Waals surface area contributed by atoms with Crippen LogP contribution >= 0.6 is 11.6 Å². The van der Waals surface area contributed by atoms with Gasteiger partial charge in [0.15, 0.2) is 0 Å². The minimum absolute atomic E-state index is 0.0190. The summed E-state index contributed by atoms with van der Waals surface area (Å²) in [6, 6.07) is 6.58. The molecule has 1 aromatic rings. The van der Waals surface area contributed by atoms with Gasteiger partial charge in [-0.05, 0) is 24.3 Å². The molecule has 0 atom stereocenters. The summed E-state index contributed by atoms with van der Waals surface area (Å²) in [5, 5.41) is 5.86. The van der Waals surface area contributed by atoms with Crippen molar-refractivity contribution in [2.24, 2.45) is 0 Å². The van der Waals surface area contributed by atoms with Crippen LogP contribution in [0.3, 0.4) is 0 Å². The van der Waals surface area contributed by atoms with Crippen LogP contribution in [-0.4, -0.2) is 38.6 Å². The topological polar surface area (TPSA) is 67.4 Å². The molecule has 0 aliphatic rings. The summed E-state index contributed by atoms with van der Waals surface area (Å²) in [5.74, 6) is -0.411. The fraction of sp³-hybridized carbons (Fsp3) is 0.333. The maximum absolute atomic E-state index is 11.6. The zero-order chi connectivity index (χ0) is 13.4. The van der Waals surface area contributed by atoms with Gasteiger partial charge in [-0.1, -0.05) is 11.6 Å². The fourth-order valence-electron chi connectivity index (χ4n) is 1.26. The van der Waals surface area contributed by atoms with Gasteiger partial charge in [-0.3, -0.25) is 9.59 Å². The molecule has 0 unspecified atom stereocenters. The third-order valence-corrected chi connectivity index (χ3v) is 2.37. The minimum atomic E-state index is -0.210. The molecular formula is C12H15ClN2O3. The van der Waals surface area contributed by atoms with Crippen molar-refractivity contribution in [3.63, 3.8) is 0 Å². The van der Waals surface area contributed by atoms with Crippen LogP contribution in [0.4, 0.5) is 0 Å². The number of hydrogen-bond donors (Lipinski definition) is 2. The van der Waals surface area contributed by atoms with Gasteiger partial charge in [0.2, 0.25) is 5.91 Å². The Morgan fingerprint density at radius 3 is 2.39 bits per heavy atom. The smallest absolute Gasteiger partial charge is 0.251 e. The van der Waals surface area contributed by atoms with E-state index < -0.39 is 0 Å². The molecule has 5 nitrogen and oxygen atoms in total. The number of amides is 2. The lowest BCUT2D eigenvalue weighted by molar-refractivity contribution is -0.124. The summed E-state index contributed by atoms with van der Waals surface area (Å²) in [6.45, 7) is 0.740. The number of carbonyl (C=O) groups is 2. The molecule has 1 rings (SSSR count). The van der Waals surface area contributed by atoms with Gasteiger partial charge in [-0.15, -0.1) is 0 Å². The Hall–Kier alpha value is -1.59. The van der Waals surface area contributed by atoms with Gasteiger partial charge in [0, 0.05) is 30.8 Å². The summed E-state index contributed by atoms with van der Waals surface area (Å²) in [5.41, 5.74) is 0.530. The van der Waals surface area contributed by atoms with Crippen molar-refractivity contribution in [3.8, 4) is 0 Å². The van der Waals surface area contributed by atoms with E-state index in [0.717, 1.165) is 0 Å². The molecule has 0 spiro atoms. The van der Waals surface area contributed by atoms with Crippen LogP contribution in [0.15, 0.2) is 24.3 Å². The zero-order valence-electron chi connectivity index (χ0n) is 10.0. The standard InChI is InChI=1S/C12H15ClN2O3/c1-18-8-11(16)14-6-7-15-12(17)9-2-4-10(13)5-3-9/h2-5H,6-8H2,1H3,(H,14,16)(H,15,17). The molecule has 0 fully saturated rings. The van der Waals surface area contributed by atoms with E-state index in [-0.39, 0.29) is 18.4 Å². The van der Waals surface area contributed by atoms with E-state index in [9.17, 15) is 9.59 Å². The molecule has 98 valence electrons. The van der Waals surface area contributed by atoms with Crippen molar-refractivity contribution < 1.29 is 14.3 Å². The molecule has 18 heavy (non-hydrogen) atoms. The average molecular weight is 271 g/mol. The van der Waals surface area contributed by atoms with E-state index in [0.29, 0.717) is 23.7 Å². The largest absolute Gasteiger partial charge is 0.375 e. The maximum atomic E-state index is 11.6. The first-order valence-electron chi connectivity index (χ1n) is 5.43. The second-order valence-electron chi connectivity index (χ2n) is 3.55. The highest BCUT2D eigenvalue weighted by atomic mass is 35.5. The van der Waals surface area contributed by atoms with Crippen LogP contribution in [0, 0.1) is 0 Å². The SMILES string of the molecule is COCC(=O)NCCNC(=O)c1ccc(Cl)cc1. The second-order valence-corrected chi connectivity index (χ2v) is 3.98. The van der Waals surface area contributed by atoms with Crippen molar-refractivity contribution in [2.75, 3.05) is 26.8 Å². The van der Waals surface area contributed by atoms with E-state index in [1.165, 1.54) is 7.11 Å². The van der Waals surface area contributed by atoms with Gasteiger partial charge >= 0.3 is 0 Å². The van der Waals surface area contributed by atoms with E-state index in [1.54, 1.807) is 24.3 Å². The number of nitrogens with one attached hydrogen (secondary N) is 2. The first-order valence-corrected chi connectivity index (χ1v) is 5.80. The molecule has 0 saturated heterocycles. The Morgan fingerprint density at radius 2 is 1.78 bits per heavy atom. The van der Waals surface area contributed by atoms with Gasteiger partial charge in [0.1, 0.15) is 6.61 Å². The summed E-state index contributed by atoms with van der Waals surface area (Å²) in [6.07, 6.45) is 0. The number of rotatable bonds is 6. The predicted molar refractivity (Wildman–Crippen MR) is 68.7 cm³/mol. The lowest BCUT2D eigenvalue weighted by Gasteiger charge is -2.06.